The Morgan fingerprint density at radius 2 is 2.12 bits per heavy atom. The zero-order valence-electron chi connectivity index (χ0n) is 10.9. The molecule has 4 nitrogen and oxygen atoms in total. The van der Waals surface area contributed by atoms with Gasteiger partial charge in [-0.2, -0.15) is 0 Å². The molecule has 0 aromatic rings. The van der Waals surface area contributed by atoms with Gasteiger partial charge in [-0.1, -0.05) is 18.2 Å². The number of hydrogen-bond acceptors (Lipinski definition) is 3. The van der Waals surface area contributed by atoms with E-state index in [1.165, 1.54) is 0 Å². The summed E-state index contributed by atoms with van der Waals surface area (Å²) in [5.74, 6) is 0.664. The largest absolute Gasteiger partial charge is 0.443 e. The van der Waals surface area contributed by atoms with Crippen LogP contribution in [0.25, 0.3) is 0 Å². The Hall–Kier alpha value is -1.58. The van der Waals surface area contributed by atoms with Crippen molar-refractivity contribution in [1.82, 2.24) is 4.90 Å². The van der Waals surface area contributed by atoms with Crippen LogP contribution in [-0.2, 0) is 4.74 Å². The van der Waals surface area contributed by atoms with Gasteiger partial charge in [0.2, 0.25) is 0 Å². The minimum absolute atomic E-state index is 0.334. The molecule has 1 amide bonds. The van der Waals surface area contributed by atoms with Crippen molar-refractivity contribution in [2.24, 2.45) is 4.99 Å². The van der Waals surface area contributed by atoms with Gasteiger partial charge in [-0.3, -0.25) is 9.89 Å². The number of carbonyl (C=O) groups is 1. The lowest BCUT2D eigenvalue weighted by atomic mass is 10.2. The third-order valence-electron chi connectivity index (χ3n) is 2.04. The average molecular weight is 236 g/mol. The van der Waals surface area contributed by atoms with Crippen molar-refractivity contribution < 1.29 is 9.53 Å². The standard InChI is InChI=1S/C13H20N2O2/c1-5-6-7-8-11-14-9-10-15(11)12(16)17-13(2,3)4/h5-8H,9-10H2,1-4H3/b6-5+,8-7+. The molecule has 0 fully saturated rings. The summed E-state index contributed by atoms with van der Waals surface area (Å²) < 4.78 is 5.31. The molecule has 1 aliphatic heterocycles. The van der Waals surface area contributed by atoms with E-state index in [2.05, 4.69) is 4.99 Å². The Morgan fingerprint density at radius 3 is 2.71 bits per heavy atom. The van der Waals surface area contributed by atoms with Crippen LogP contribution in [0.4, 0.5) is 4.79 Å². The highest BCUT2D eigenvalue weighted by atomic mass is 16.6. The number of nitrogens with zero attached hydrogens (tertiary/aromatic N) is 2. The summed E-state index contributed by atoms with van der Waals surface area (Å²) in [6, 6.07) is 0. The molecule has 4 heteroatoms. The topological polar surface area (TPSA) is 41.9 Å². The van der Waals surface area contributed by atoms with Crippen LogP contribution in [0.1, 0.15) is 27.7 Å². The summed E-state index contributed by atoms with van der Waals surface area (Å²) in [5, 5.41) is 0. The smallest absolute Gasteiger partial charge is 0.416 e. The van der Waals surface area contributed by atoms with Gasteiger partial charge in [0.1, 0.15) is 11.4 Å². The van der Waals surface area contributed by atoms with Gasteiger partial charge >= 0.3 is 6.09 Å². The first-order chi connectivity index (χ1) is 7.94. The summed E-state index contributed by atoms with van der Waals surface area (Å²) in [6.45, 7) is 8.72. The zero-order chi connectivity index (χ0) is 12.9. The van der Waals surface area contributed by atoms with E-state index in [4.69, 9.17) is 4.74 Å². The van der Waals surface area contributed by atoms with Crippen LogP contribution in [0.5, 0.6) is 0 Å². The molecular formula is C13H20N2O2. The predicted molar refractivity (Wildman–Crippen MR) is 69.2 cm³/mol. The number of aliphatic imine (C=N–C) groups is 1. The summed E-state index contributed by atoms with van der Waals surface area (Å²) >= 11 is 0. The lowest BCUT2D eigenvalue weighted by Crippen LogP contribution is -2.38. The van der Waals surface area contributed by atoms with Crippen LogP contribution in [0.2, 0.25) is 0 Å². The molecule has 0 N–H and O–H groups in total. The molecule has 0 atom stereocenters. The van der Waals surface area contributed by atoms with E-state index in [1.807, 2.05) is 52.0 Å². The first-order valence-electron chi connectivity index (χ1n) is 5.78. The SMILES string of the molecule is C/C=C/C=C/C1=NCCN1C(=O)OC(C)(C)C. The number of amidine groups is 1. The number of amides is 1. The van der Waals surface area contributed by atoms with Crippen molar-refractivity contribution in [1.29, 1.82) is 0 Å². The minimum atomic E-state index is -0.474. The number of ether oxygens (including phenoxy) is 1. The molecule has 0 saturated carbocycles. The highest BCUT2D eigenvalue weighted by Gasteiger charge is 2.26. The fourth-order valence-corrected chi connectivity index (χ4v) is 1.36. The van der Waals surface area contributed by atoms with Gasteiger partial charge in [0, 0.05) is 0 Å². The van der Waals surface area contributed by atoms with Crippen LogP contribution in [0.15, 0.2) is 29.3 Å². The highest BCUT2D eigenvalue weighted by molar-refractivity contribution is 6.03. The molecule has 1 heterocycles. The van der Waals surface area contributed by atoms with Gasteiger partial charge in [0.15, 0.2) is 0 Å². The van der Waals surface area contributed by atoms with Crippen molar-refractivity contribution in [2.75, 3.05) is 13.1 Å². The average Bonchev–Trinajstić information content (AvgIpc) is 2.64. The van der Waals surface area contributed by atoms with Crippen molar-refractivity contribution in [3.8, 4) is 0 Å². The molecule has 1 rings (SSSR count). The fraction of sp³-hybridized carbons (Fsp3) is 0.538. The Bertz CT molecular complexity index is 362. The first kappa shape index (κ1) is 13.5. The molecule has 0 spiro atoms. The van der Waals surface area contributed by atoms with Gasteiger partial charge in [0.05, 0.1) is 13.1 Å². The van der Waals surface area contributed by atoms with E-state index >= 15 is 0 Å². The first-order valence-corrected chi connectivity index (χ1v) is 5.78. The van der Waals surface area contributed by atoms with Gasteiger partial charge in [-0.15, -0.1) is 0 Å². The van der Waals surface area contributed by atoms with Crippen molar-refractivity contribution in [3.63, 3.8) is 0 Å². The van der Waals surface area contributed by atoms with E-state index < -0.39 is 5.60 Å². The third-order valence-corrected chi connectivity index (χ3v) is 2.04. The fourth-order valence-electron chi connectivity index (χ4n) is 1.36. The molecule has 0 aromatic heterocycles. The Morgan fingerprint density at radius 1 is 1.41 bits per heavy atom. The van der Waals surface area contributed by atoms with E-state index in [-0.39, 0.29) is 6.09 Å². The second-order valence-corrected chi connectivity index (χ2v) is 4.76. The number of carbonyl (C=O) groups excluding carboxylic acids is 1. The number of hydrogen-bond donors (Lipinski definition) is 0. The van der Waals surface area contributed by atoms with Gasteiger partial charge in [0.25, 0.3) is 0 Å². The monoisotopic (exact) mass is 236 g/mol. The summed E-state index contributed by atoms with van der Waals surface area (Å²) in [5.41, 5.74) is -0.474. The lowest BCUT2D eigenvalue weighted by molar-refractivity contribution is 0.0385. The lowest BCUT2D eigenvalue weighted by Gasteiger charge is -2.24. The van der Waals surface area contributed by atoms with E-state index in [1.54, 1.807) is 4.90 Å². The highest BCUT2D eigenvalue weighted by Crippen LogP contribution is 2.13. The number of rotatable bonds is 2. The Balaban J connectivity index is 2.65. The van der Waals surface area contributed by atoms with Gasteiger partial charge < -0.3 is 4.74 Å². The van der Waals surface area contributed by atoms with Crippen molar-refractivity contribution in [3.05, 3.63) is 24.3 Å². The van der Waals surface area contributed by atoms with E-state index in [0.717, 1.165) is 0 Å². The summed E-state index contributed by atoms with van der Waals surface area (Å²) in [4.78, 5) is 17.7. The minimum Gasteiger partial charge on any atom is -0.443 e. The second kappa shape index (κ2) is 5.66. The summed E-state index contributed by atoms with van der Waals surface area (Å²) in [6.07, 6.45) is 7.16. The Labute approximate surface area is 103 Å². The maximum Gasteiger partial charge on any atom is 0.416 e. The Kier molecular flexibility index (Phi) is 4.49. The normalized spacial score (nSPS) is 16.9. The third kappa shape index (κ3) is 4.43. The molecule has 0 aromatic carbocycles. The van der Waals surface area contributed by atoms with Crippen LogP contribution in [-0.4, -0.2) is 35.5 Å². The van der Waals surface area contributed by atoms with Gasteiger partial charge in [-0.25, -0.2) is 4.79 Å². The molecule has 1 aliphatic rings. The maximum absolute atomic E-state index is 11.9. The van der Waals surface area contributed by atoms with Crippen LogP contribution in [0, 0.1) is 0 Å². The van der Waals surface area contributed by atoms with E-state index in [0.29, 0.717) is 18.9 Å². The summed E-state index contributed by atoms with van der Waals surface area (Å²) in [7, 11) is 0. The van der Waals surface area contributed by atoms with Crippen LogP contribution >= 0.6 is 0 Å². The molecular weight excluding hydrogens is 216 g/mol. The molecule has 0 aliphatic carbocycles. The molecule has 0 bridgehead atoms. The van der Waals surface area contributed by atoms with Crippen molar-refractivity contribution in [2.45, 2.75) is 33.3 Å². The molecule has 17 heavy (non-hydrogen) atoms. The zero-order valence-corrected chi connectivity index (χ0v) is 10.9. The molecule has 0 radical (unpaired) electrons. The maximum atomic E-state index is 11.9. The quantitative estimate of drug-likeness (QED) is 0.692. The molecule has 94 valence electrons. The predicted octanol–water partition coefficient (Wildman–Crippen LogP) is 2.77. The molecule has 0 unspecified atom stereocenters. The molecule has 0 saturated heterocycles. The van der Waals surface area contributed by atoms with Crippen LogP contribution in [0.3, 0.4) is 0 Å². The van der Waals surface area contributed by atoms with Crippen LogP contribution < -0.4 is 0 Å². The number of allylic oxidation sites excluding steroid dienone is 3. The second-order valence-electron chi connectivity index (χ2n) is 4.76. The van der Waals surface area contributed by atoms with Gasteiger partial charge in [-0.05, 0) is 33.8 Å². The van der Waals surface area contributed by atoms with Crippen molar-refractivity contribution >= 4 is 11.9 Å². The van der Waals surface area contributed by atoms with E-state index in [9.17, 15) is 4.79 Å².